The van der Waals surface area contributed by atoms with Gasteiger partial charge in [0.2, 0.25) is 5.91 Å². The first kappa shape index (κ1) is 15.9. The predicted molar refractivity (Wildman–Crippen MR) is 70.3 cm³/mol. The summed E-state index contributed by atoms with van der Waals surface area (Å²) < 4.78 is 26.6. The Hall–Kier alpha value is -1.11. The molecule has 7 heteroatoms. The van der Waals surface area contributed by atoms with Crippen LogP contribution in [0, 0.1) is 0 Å². The maximum Gasteiger partial charge on any atom is 0.328 e. The lowest BCUT2D eigenvalue weighted by Crippen LogP contribution is -2.56. The number of rotatable bonds is 3. The van der Waals surface area contributed by atoms with Gasteiger partial charge in [0.05, 0.1) is 7.11 Å². The molecule has 0 radical (unpaired) electrons. The van der Waals surface area contributed by atoms with Gasteiger partial charge in [-0.3, -0.25) is 4.79 Å². The lowest BCUT2D eigenvalue weighted by Gasteiger charge is -2.38. The van der Waals surface area contributed by atoms with Gasteiger partial charge >= 0.3 is 5.97 Å². The molecule has 0 aromatic rings. The van der Waals surface area contributed by atoms with E-state index in [-0.39, 0.29) is 0 Å². The average Bonchev–Trinajstić information content (AvgIpc) is 2.35. The number of carbonyl (C=O) groups is 2. The van der Waals surface area contributed by atoms with Crippen molar-refractivity contribution in [2.75, 3.05) is 19.9 Å². The van der Waals surface area contributed by atoms with Crippen molar-refractivity contribution in [3.8, 4) is 0 Å². The van der Waals surface area contributed by atoms with E-state index in [4.69, 9.17) is 0 Å². The molecule has 1 amide bonds. The Kier molecular flexibility index (Phi) is 4.60. The van der Waals surface area contributed by atoms with Crippen LogP contribution in [-0.4, -0.2) is 55.9 Å². The number of sulfone groups is 1. The topological polar surface area (TPSA) is 80.8 Å². The van der Waals surface area contributed by atoms with Crippen LogP contribution in [-0.2, 0) is 24.2 Å². The van der Waals surface area contributed by atoms with Crippen LogP contribution in [0.1, 0.15) is 33.1 Å². The summed E-state index contributed by atoms with van der Waals surface area (Å²) in [5.41, 5.74) is 0. The van der Waals surface area contributed by atoms with Crippen LogP contribution in [0.25, 0.3) is 0 Å². The molecule has 0 bridgehead atoms. The monoisotopic (exact) mass is 291 g/mol. The van der Waals surface area contributed by atoms with E-state index < -0.39 is 32.5 Å². The highest BCUT2D eigenvalue weighted by Gasteiger charge is 2.45. The summed E-state index contributed by atoms with van der Waals surface area (Å²) in [5, 5.41) is 0. The van der Waals surface area contributed by atoms with Crippen molar-refractivity contribution in [1.82, 2.24) is 4.90 Å². The molecule has 1 aliphatic rings. The van der Waals surface area contributed by atoms with Gasteiger partial charge in [-0.2, -0.15) is 0 Å². The van der Waals surface area contributed by atoms with E-state index in [2.05, 4.69) is 4.74 Å². The van der Waals surface area contributed by atoms with Crippen molar-refractivity contribution in [2.24, 2.45) is 0 Å². The summed E-state index contributed by atoms with van der Waals surface area (Å²) in [6.07, 6.45) is 3.13. The number of nitrogens with zero attached hydrogens (tertiary/aromatic N) is 1. The summed E-state index contributed by atoms with van der Waals surface area (Å²) in [5.74, 6) is -1.03. The molecule has 0 unspecified atom stereocenters. The zero-order chi connectivity index (χ0) is 14.8. The molecule has 0 aromatic heterocycles. The molecule has 19 heavy (non-hydrogen) atoms. The first-order valence-corrected chi connectivity index (χ1v) is 8.10. The fourth-order valence-electron chi connectivity index (χ4n) is 2.06. The average molecular weight is 291 g/mol. The second kappa shape index (κ2) is 5.48. The molecule has 0 spiro atoms. The molecule has 1 rings (SSSR count). The number of hydrogen-bond donors (Lipinski definition) is 0. The second-order valence-corrected chi connectivity index (χ2v) is 7.88. The van der Waals surface area contributed by atoms with Gasteiger partial charge in [0, 0.05) is 12.8 Å². The fourth-order valence-corrected chi connectivity index (χ4v) is 2.49. The third kappa shape index (κ3) is 3.08. The Morgan fingerprint density at radius 3 is 2.32 bits per heavy atom. The fraction of sp³-hybridized carbons (Fsp3) is 0.833. The minimum Gasteiger partial charge on any atom is -0.467 e. The van der Waals surface area contributed by atoms with Crippen LogP contribution in [0.15, 0.2) is 0 Å². The summed E-state index contributed by atoms with van der Waals surface area (Å²) in [6, 6.07) is -0.674. The number of methoxy groups -OCH3 is 1. The molecular weight excluding hydrogens is 270 g/mol. The minimum absolute atomic E-state index is 0.386. The number of esters is 1. The number of carbonyl (C=O) groups excluding carboxylic acids is 2. The lowest BCUT2D eigenvalue weighted by atomic mass is 10.00. The smallest absolute Gasteiger partial charge is 0.328 e. The highest BCUT2D eigenvalue weighted by Crippen LogP contribution is 2.25. The second-order valence-electron chi connectivity index (χ2n) is 5.32. The van der Waals surface area contributed by atoms with Crippen molar-refractivity contribution in [1.29, 1.82) is 0 Å². The molecule has 110 valence electrons. The van der Waals surface area contributed by atoms with Crippen molar-refractivity contribution in [3.05, 3.63) is 0 Å². The summed E-state index contributed by atoms with van der Waals surface area (Å²) in [7, 11) is -2.28. The van der Waals surface area contributed by atoms with Crippen molar-refractivity contribution >= 4 is 21.7 Å². The largest absolute Gasteiger partial charge is 0.467 e. The molecule has 6 nitrogen and oxygen atoms in total. The van der Waals surface area contributed by atoms with Gasteiger partial charge < -0.3 is 9.64 Å². The Balaban J connectivity index is 3.05. The van der Waals surface area contributed by atoms with Crippen LogP contribution in [0.4, 0.5) is 0 Å². The zero-order valence-electron chi connectivity index (χ0n) is 11.8. The van der Waals surface area contributed by atoms with E-state index in [1.54, 1.807) is 0 Å². The molecule has 1 fully saturated rings. The number of ether oxygens (including phenoxy) is 1. The lowest BCUT2D eigenvalue weighted by molar-refractivity contribution is -0.155. The Morgan fingerprint density at radius 2 is 1.84 bits per heavy atom. The van der Waals surface area contributed by atoms with Gasteiger partial charge in [0.25, 0.3) is 0 Å². The molecular formula is C12H21NO5S. The molecule has 0 N–H and O–H groups in total. The SMILES string of the molecule is COC(=O)[C@H]1CCCCN1C(=O)C(C)(C)S(C)(=O)=O. The number of likely N-dealkylation sites (tertiary alicyclic amines) is 1. The number of amides is 1. The van der Waals surface area contributed by atoms with Crippen LogP contribution >= 0.6 is 0 Å². The van der Waals surface area contributed by atoms with Gasteiger partial charge in [-0.15, -0.1) is 0 Å². The van der Waals surface area contributed by atoms with E-state index in [1.807, 2.05) is 0 Å². The Labute approximate surface area is 114 Å². The maximum atomic E-state index is 12.4. The van der Waals surface area contributed by atoms with Crippen molar-refractivity contribution < 1.29 is 22.7 Å². The summed E-state index contributed by atoms with van der Waals surface area (Å²) >= 11 is 0. The third-order valence-corrected chi connectivity index (χ3v) is 5.71. The van der Waals surface area contributed by atoms with Crippen LogP contribution in [0.2, 0.25) is 0 Å². The summed E-state index contributed by atoms with van der Waals surface area (Å²) in [6.45, 7) is 3.12. The molecule has 0 saturated carbocycles. The van der Waals surface area contributed by atoms with Gasteiger partial charge in [-0.25, -0.2) is 13.2 Å². The summed E-state index contributed by atoms with van der Waals surface area (Å²) in [4.78, 5) is 25.5. The first-order chi connectivity index (χ1) is 8.63. The van der Waals surface area contributed by atoms with E-state index >= 15 is 0 Å². The van der Waals surface area contributed by atoms with Gasteiger partial charge in [-0.1, -0.05) is 0 Å². The van der Waals surface area contributed by atoms with Crippen molar-refractivity contribution in [2.45, 2.75) is 43.9 Å². The molecule has 1 atom stereocenters. The quantitative estimate of drug-likeness (QED) is 0.702. The van der Waals surface area contributed by atoms with Gasteiger partial charge in [0.1, 0.15) is 10.8 Å². The highest BCUT2D eigenvalue weighted by molar-refractivity contribution is 7.92. The molecule has 0 aliphatic carbocycles. The van der Waals surface area contributed by atoms with E-state index in [1.165, 1.54) is 25.9 Å². The zero-order valence-corrected chi connectivity index (χ0v) is 12.6. The molecule has 1 saturated heterocycles. The van der Waals surface area contributed by atoms with Gasteiger partial charge in [-0.05, 0) is 33.1 Å². The van der Waals surface area contributed by atoms with E-state index in [9.17, 15) is 18.0 Å². The van der Waals surface area contributed by atoms with Crippen LogP contribution in [0.3, 0.4) is 0 Å². The van der Waals surface area contributed by atoms with E-state index in [0.717, 1.165) is 19.1 Å². The Morgan fingerprint density at radius 1 is 1.26 bits per heavy atom. The standard InChI is InChI=1S/C12H21NO5S/c1-12(2,19(4,16)17)11(15)13-8-6-5-7-9(13)10(14)18-3/h9H,5-8H2,1-4H3/t9-/m1/s1. The predicted octanol–water partition coefficient (Wildman–Crippen LogP) is 0.364. The van der Waals surface area contributed by atoms with Crippen LogP contribution < -0.4 is 0 Å². The molecule has 1 aliphatic heterocycles. The minimum atomic E-state index is -3.55. The maximum absolute atomic E-state index is 12.4. The third-order valence-electron chi connectivity index (χ3n) is 3.68. The van der Waals surface area contributed by atoms with E-state index in [0.29, 0.717) is 13.0 Å². The first-order valence-electron chi connectivity index (χ1n) is 6.21. The molecule has 1 heterocycles. The normalized spacial score (nSPS) is 21.1. The number of piperidine rings is 1. The highest BCUT2D eigenvalue weighted by atomic mass is 32.2. The van der Waals surface area contributed by atoms with Crippen LogP contribution in [0.5, 0.6) is 0 Å². The molecule has 0 aromatic carbocycles. The van der Waals surface area contributed by atoms with Gasteiger partial charge in [0.15, 0.2) is 9.84 Å². The van der Waals surface area contributed by atoms with Crippen molar-refractivity contribution in [3.63, 3.8) is 0 Å². The number of hydrogen-bond acceptors (Lipinski definition) is 5. The Bertz CT molecular complexity index is 469.